The van der Waals surface area contributed by atoms with Crippen LogP contribution in [0.2, 0.25) is 0 Å². The summed E-state index contributed by atoms with van der Waals surface area (Å²) in [7, 11) is 1.92. The van der Waals surface area contributed by atoms with Gasteiger partial charge in [0.05, 0.1) is 6.04 Å². The highest BCUT2D eigenvalue weighted by Crippen LogP contribution is 2.32. The zero-order chi connectivity index (χ0) is 10.3. The zero-order valence-electron chi connectivity index (χ0n) is 8.51. The number of rotatable bonds is 1. The summed E-state index contributed by atoms with van der Waals surface area (Å²) in [5.74, 6) is 0.992. The molecule has 0 bridgehead atoms. The van der Waals surface area contributed by atoms with E-state index in [4.69, 9.17) is 0 Å². The summed E-state index contributed by atoms with van der Waals surface area (Å²) in [6, 6.07) is 8.63. The Morgan fingerprint density at radius 2 is 2.27 bits per heavy atom. The molecule has 0 fully saturated rings. The van der Waals surface area contributed by atoms with Gasteiger partial charge in [0, 0.05) is 19.2 Å². The average Bonchev–Trinajstić information content (AvgIpc) is 2.82. The summed E-state index contributed by atoms with van der Waals surface area (Å²) < 4.78 is 1.82. The van der Waals surface area contributed by atoms with Gasteiger partial charge in [-0.15, -0.1) is 0 Å². The van der Waals surface area contributed by atoms with Crippen molar-refractivity contribution >= 4 is 5.69 Å². The van der Waals surface area contributed by atoms with Gasteiger partial charge in [-0.1, -0.05) is 18.2 Å². The first kappa shape index (κ1) is 8.47. The van der Waals surface area contributed by atoms with Crippen molar-refractivity contribution in [3.63, 3.8) is 0 Å². The monoisotopic (exact) mass is 200 g/mol. The lowest BCUT2D eigenvalue weighted by Gasteiger charge is -2.09. The molecule has 76 valence electrons. The molecule has 1 aromatic heterocycles. The van der Waals surface area contributed by atoms with Crippen LogP contribution in [0.3, 0.4) is 0 Å². The number of hydrogen-bond acceptors (Lipinski definition) is 3. The van der Waals surface area contributed by atoms with Gasteiger partial charge < -0.3 is 5.32 Å². The summed E-state index contributed by atoms with van der Waals surface area (Å²) in [5, 5.41) is 7.54. The standard InChI is InChI=1S/C11H12N4/c1-15-11(12-7-13-15)10-6-8-4-2-3-5-9(8)14-10/h2-5,7,10,14H,6H2,1H3. The van der Waals surface area contributed by atoms with Crippen molar-refractivity contribution in [2.45, 2.75) is 12.5 Å². The first-order valence-corrected chi connectivity index (χ1v) is 5.03. The van der Waals surface area contributed by atoms with Gasteiger partial charge >= 0.3 is 0 Å². The van der Waals surface area contributed by atoms with Crippen LogP contribution in [0.25, 0.3) is 0 Å². The Morgan fingerprint density at radius 1 is 1.40 bits per heavy atom. The SMILES string of the molecule is Cn1ncnc1C1Cc2ccccc2N1. The van der Waals surface area contributed by atoms with Gasteiger partial charge in [-0.25, -0.2) is 4.98 Å². The molecule has 0 spiro atoms. The molecule has 0 aliphatic carbocycles. The molecule has 15 heavy (non-hydrogen) atoms. The average molecular weight is 200 g/mol. The molecule has 1 aromatic carbocycles. The van der Waals surface area contributed by atoms with E-state index in [9.17, 15) is 0 Å². The van der Waals surface area contributed by atoms with E-state index in [-0.39, 0.29) is 6.04 Å². The number of para-hydroxylation sites is 1. The number of hydrogen-bond donors (Lipinski definition) is 1. The maximum absolute atomic E-state index is 4.27. The first-order chi connectivity index (χ1) is 7.34. The fraction of sp³-hybridized carbons (Fsp3) is 0.273. The van der Waals surface area contributed by atoms with Crippen molar-refractivity contribution < 1.29 is 0 Å². The maximum atomic E-state index is 4.27. The van der Waals surface area contributed by atoms with E-state index in [1.807, 2.05) is 17.8 Å². The van der Waals surface area contributed by atoms with Crippen LogP contribution in [-0.4, -0.2) is 14.8 Å². The minimum atomic E-state index is 0.259. The fourth-order valence-electron chi connectivity index (χ4n) is 2.07. The van der Waals surface area contributed by atoms with Crippen molar-refractivity contribution in [1.82, 2.24) is 14.8 Å². The Labute approximate surface area is 88.0 Å². The van der Waals surface area contributed by atoms with E-state index in [1.165, 1.54) is 11.3 Å². The van der Waals surface area contributed by atoms with Crippen molar-refractivity contribution in [3.8, 4) is 0 Å². The van der Waals surface area contributed by atoms with Gasteiger partial charge in [-0.2, -0.15) is 5.10 Å². The number of benzene rings is 1. The third-order valence-electron chi connectivity index (χ3n) is 2.83. The molecule has 0 saturated carbocycles. The van der Waals surface area contributed by atoms with Gasteiger partial charge in [0.1, 0.15) is 12.2 Å². The number of anilines is 1. The fourth-order valence-corrected chi connectivity index (χ4v) is 2.07. The summed E-state index contributed by atoms with van der Waals surface area (Å²) >= 11 is 0. The van der Waals surface area contributed by atoms with Crippen molar-refractivity contribution in [1.29, 1.82) is 0 Å². The van der Waals surface area contributed by atoms with E-state index in [0.717, 1.165) is 12.2 Å². The van der Waals surface area contributed by atoms with Gasteiger partial charge in [0.25, 0.3) is 0 Å². The third kappa shape index (κ3) is 1.29. The van der Waals surface area contributed by atoms with E-state index in [2.05, 4.69) is 33.6 Å². The summed E-state index contributed by atoms with van der Waals surface area (Å²) in [6.45, 7) is 0. The van der Waals surface area contributed by atoms with E-state index >= 15 is 0 Å². The number of nitrogens with zero attached hydrogens (tertiary/aromatic N) is 3. The Balaban J connectivity index is 1.94. The second kappa shape index (κ2) is 3.08. The molecular formula is C11H12N4. The molecule has 1 aliphatic rings. The van der Waals surface area contributed by atoms with E-state index < -0.39 is 0 Å². The lowest BCUT2D eigenvalue weighted by molar-refractivity contribution is 0.645. The van der Waals surface area contributed by atoms with Crippen LogP contribution in [0.4, 0.5) is 5.69 Å². The minimum absolute atomic E-state index is 0.259. The molecular weight excluding hydrogens is 188 g/mol. The van der Waals surface area contributed by atoms with Gasteiger partial charge in [-0.3, -0.25) is 4.68 Å². The van der Waals surface area contributed by atoms with Crippen molar-refractivity contribution in [2.75, 3.05) is 5.32 Å². The smallest absolute Gasteiger partial charge is 0.149 e. The molecule has 1 aliphatic heterocycles. The largest absolute Gasteiger partial charge is 0.375 e. The molecule has 3 rings (SSSR count). The normalized spacial score (nSPS) is 18.6. The van der Waals surface area contributed by atoms with Crippen LogP contribution < -0.4 is 5.32 Å². The highest BCUT2D eigenvalue weighted by Gasteiger charge is 2.24. The summed E-state index contributed by atoms with van der Waals surface area (Å²) in [5.41, 5.74) is 2.57. The van der Waals surface area contributed by atoms with Gasteiger partial charge in [-0.05, 0) is 11.6 Å². The first-order valence-electron chi connectivity index (χ1n) is 5.03. The molecule has 2 aromatic rings. The number of aromatic nitrogens is 3. The van der Waals surface area contributed by atoms with Crippen LogP contribution in [0.15, 0.2) is 30.6 Å². The molecule has 4 heteroatoms. The molecule has 0 saturated heterocycles. The Kier molecular flexibility index (Phi) is 1.74. The quantitative estimate of drug-likeness (QED) is 0.759. The second-order valence-corrected chi connectivity index (χ2v) is 3.80. The molecule has 2 heterocycles. The van der Waals surface area contributed by atoms with E-state index in [1.54, 1.807) is 6.33 Å². The number of fused-ring (bicyclic) bond motifs is 1. The van der Waals surface area contributed by atoms with Crippen molar-refractivity contribution in [3.05, 3.63) is 42.0 Å². The second-order valence-electron chi connectivity index (χ2n) is 3.80. The third-order valence-corrected chi connectivity index (χ3v) is 2.83. The predicted octanol–water partition coefficient (Wildman–Crippen LogP) is 1.52. The maximum Gasteiger partial charge on any atom is 0.149 e. The number of aryl methyl sites for hydroxylation is 1. The van der Waals surface area contributed by atoms with Crippen LogP contribution >= 0.6 is 0 Å². The Morgan fingerprint density at radius 3 is 3.00 bits per heavy atom. The molecule has 1 atom stereocenters. The molecule has 1 N–H and O–H groups in total. The molecule has 1 unspecified atom stereocenters. The lowest BCUT2D eigenvalue weighted by atomic mass is 10.1. The number of nitrogens with one attached hydrogen (secondary N) is 1. The van der Waals surface area contributed by atoms with Gasteiger partial charge in [0.2, 0.25) is 0 Å². The molecule has 4 nitrogen and oxygen atoms in total. The Bertz CT molecular complexity index is 464. The van der Waals surface area contributed by atoms with Crippen LogP contribution in [0.1, 0.15) is 17.4 Å². The molecule has 0 radical (unpaired) electrons. The zero-order valence-corrected chi connectivity index (χ0v) is 8.51. The van der Waals surface area contributed by atoms with Crippen LogP contribution in [0, 0.1) is 0 Å². The summed E-state index contributed by atoms with van der Waals surface area (Å²) in [6.07, 6.45) is 2.59. The van der Waals surface area contributed by atoms with Crippen molar-refractivity contribution in [2.24, 2.45) is 7.05 Å². The minimum Gasteiger partial charge on any atom is -0.375 e. The topological polar surface area (TPSA) is 42.7 Å². The highest BCUT2D eigenvalue weighted by molar-refractivity contribution is 5.57. The van der Waals surface area contributed by atoms with E-state index in [0.29, 0.717) is 0 Å². The highest BCUT2D eigenvalue weighted by atomic mass is 15.3. The molecule has 0 amide bonds. The summed E-state index contributed by atoms with van der Waals surface area (Å²) in [4.78, 5) is 4.27. The van der Waals surface area contributed by atoms with Crippen LogP contribution in [0.5, 0.6) is 0 Å². The predicted molar refractivity (Wildman–Crippen MR) is 57.5 cm³/mol. The Hall–Kier alpha value is -1.84. The lowest BCUT2D eigenvalue weighted by Crippen LogP contribution is -2.12. The van der Waals surface area contributed by atoms with Crippen LogP contribution in [-0.2, 0) is 13.5 Å². The van der Waals surface area contributed by atoms with Gasteiger partial charge in [0.15, 0.2) is 0 Å².